The van der Waals surface area contributed by atoms with Gasteiger partial charge in [0, 0.05) is 25.2 Å². The van der Waals surface area contributed by atoms with Crippen molar-refractivity contribution in [3.8, 4) is 0 Å². The fraction of sp³-hybridized carbons (Fsp3) is 1.00. The molecule has 0 spiro atoms. The highest BCUT2D eigenvalue weighted by Crippen LogP contribution is 2.19. The molecule has 1 N–H and O–H groups in total. The van der Waals surface area contributed by atoms with Gasteiger partial charge in [0.15, 0.2) is 0 Å². The molecule has 2 fully saturated rings. The van der Waals surface area contributed by atoms with Gasteiger partial charge in [0.25, 0.3) is 0 Å². The Kier molecular flexibility index (Phi) is 2.09. The van der Waals surface area contributed by atoms with Crippen LogP contribution in [0.1, 0.15) is 12.8 Å². The van der Waals surface area contributed by atoms with Crippen LogP contribution in [-0.2, 0) is 0 Å². The molecule has 0 aliphatic carbocycles. The van der Waals surface area contributed by atoms with E-state index in [0.29, 0.717) is 6.04 Å². The molecule has 3 heteroatoms. The molecule has 0 aromatic heterocycles. The van der Waals surface area contributed by atoms with Crippen LogP contribution < -0.4 is 5.32 Å². The molecule has 2 unspecified atom stereocenters. The predicted octanol–water partition coefficient (Wildman–Crippen LogP) is 0.392. The number of nitrogens with zero attached hydrogens (tertiary/aromatic N) is 1. The van der Waals surface area contributed by atoms with Crippen molar-refractivity contribution < 1.29 is 4.39 Å². The van der Waals surface area contributed by atoms with Crippen LogP contribution in [0.5, 0.6) is 0 Å². The average Bonchev–Trinajstić information content (AvgIpc) is 2.50. The Morgan fingerprint density at radius 1 is 1.55 bits per heavy atom. The minimum absolute atomic E-state index is 0.101. The summed E-state index contributed by atoms with van der Waals surface area (Å²) in [4.78, 5) is 2.42. The number of nitrogens with one attached hydrogen (secondary N) is 1. The molecule has 2 heterocycles. The Hall–Kier alpha value is -0.150. The van der Waals surface area contributed by atoms with Gasteiger partial charge < -0.3 is 5.32 Å². The molecule has 0 bridgehead atoms. The maximum Gasteiger partial charge on any atom is 0.106 e. The first-order chi connectivity index (χ1) is 5.40. The average molecular weight is 158 g/mol. The summed E-state index contributed by atoms with van der Waals surface area (Å²) in [5.41, 5.74) is 0. The summed E-state index contributed by atoms with van der Waals surface area (Å²) in [5.74, 6) is 0. The molecule has 0 amide bonds. The standard InChI is InChI=1S/C8H15FN2/c9-4-7-6-11-3-1-2-8(11)5-10-7/h7-8,10H,1-6H2. The number of fused-ring (bicyclic) bond motifs is 1. The lowest BCUT2D eigenvalue weighted by atomic mass is 10.1. The molecule has 2 saturated heterocycles. The molecule has 2 rings (SSSR count). The van der Waals surface area contributed by atoms with E-state index in [9.17, 15) is 4.39 Å². The number of hydrogen-bond acceptors (Lipinski definition) is 2. The lowest BCUT2D eigenvalue weighted by Gasteiger charge is -2.34. The normalized spacial score (nSPS) is 39.0. The summed E-state index contributed by atoms with van der Waals surface area (Å²) >= 11 is 0. The van der Waals surface area contributed by atoms with Gasteiger partial charge >= 0.3 is 0 Å². The number of alkyl halides is 1. The van der Waals surface area contributed by atoms with Gasteiger partial charge in [-0.2, -0.15) is 0 Å². The third-order valence-electron chi connectivity index (χ3n) is 2.78. The van der Waals surface area contributed by atoms with Crippen LogP contribution in [0, 0.1) is 0 Å². The number of hydrogen-bond donors (Lipinski definition) is 1. The monoisotopic (exact) mass is 158 g/mol. The molecule has 11 heavy (non-hydrogen) atoms. The molecule has 64 valence electrons. The van der Waals surface area contributed by atoms with Crippen LogP contribution in [-0.4, -0.2) is 43.3 Å². The molecule has 0 radical (unpaired) electrons. The zero-order valence-electron chi connectivity index (χ0n) is 6.72. The van der Waals surface area contributed by atoms with E-state index in [4.69, 9.17) is 0 Å². The van der Waals surface area contributed by atoms with Gasteiger partial charge in [-0.15, -0.1) is 0 Å². The van der Waals surface area contributed by atoms with Crippen LogP contribution in [0.25, 0.3) is 0 Å². The van der Waals surface area contributed by atoms with E-state index in [-0.39, 0.29) is 12.7 Å². The highest BCUT2D eigenvalue weighted by Gasteiger charge is 2.30. The fourth-order valence-electron chi connectivity index (χ4n) is 2.12. The number of piperazine rings is 1. The Balaban J connectivity index is 1.91. The number of rotatable bonds is 1. The SMILES string of the molecule is FCC1CN2CCCC2CN1. The molecule has 2 aliphatic rings. The lowest BCUT2D eigenvalue weighted by molar-refractivity contribution is 0.157. The highest BCUT2D eigenvalue weighted by molar-refractivity contribution is 4.89. The summed E-state index contributed by atoms with van der Waals surface area (Å²) in [6.07, 6.45) is 2.59. The van der Waals surface area contributed by atoms with E-state index < -0.39 is 0 Å². The van der Waals surface area contributed by atoms with Crippen molar-refractivity contribution in [2.75, 3.05) is 26.3 Å². The van der Waals surface area contributed by atoms with Crippen molar-refractivity contribution in [1.29, 1.82) is 0 Å². The first kappa shape index (κ1) is 7.50. The molecule has 2 atom stereocenters. The van der Waals surface area contributed by atoms with Crippen molar-refractivity contribution in [2.24, 2.45) is 0 Å². The topological polar surface area (TPSA) is 15.3 Å². The summed E-state index contributed by atoms with van der Waals surface area (Å²) < 4.78 is 12.2. The van der Waals surface area contributed by atoms with Crippen molar-refractivity contribution in [2.45, 2.75) is 24.9 Å². The van der Waals surface area contributed by atoms with Crippen molar-refractivity contribution in [3.63, 3.8) is 0 Å². The smallest absolute Gasteiger partial charge is 0.106 e. The van der Waals surface area contributed by atoms with Gasteiger partial charge in [-0.05, 0) is 19.4 Å². The number of halogens is 1. The predicted molar refractivity (Wildman–Crippen MR) is 42.4 cm³/mol. The maximum absolute atomic E-state index is 12.2. The Morgan fingerprint density at radius 2 is 2.45 bits per heavy atom. The molecule has 2 aliphatic heterocycles. The summed E-state index contributed by atoms with van der Waals surface area (Å²) in [6.45, 7) is 2.88. The van der Waals surface area contributed by atoms with Gasteiger partial charge in [-0.3, -0.25) is 4.90 Å². The second-order valence-electron chi connectivity index (χ2n) is 3.55. The maximum atomic E-state index is 12.2. The Labute approximate surface area is 66.8 Å². The summed E-state index contributed by atoms with van der Waals surface area (Å²) in [7, 11) is 0. The second-order valence-corrected chi connectivity index (χ2v) is 3.55. The van der Waals surface area contributed by atoms with E-state index in [1.807, 2.05) is 0 Å². The third-order valence-corrected chi connectivity index (χ3v) is 2.78. The van der Waals surface area contributed by atoms with Crippen LogP contribution in [0.2, 0.25) is 0 Å². The quantitative estimate of drug-likeness (QED) is 0.594. The Morgan fingerprint density at radius 3 is 3.27 bits per heavy atom. The highest BCUT2D eigenvalue weighted by atomic mass is 19.1. The van der Waals surface area contributed by atoms with Crippen LogP contribution in [0.4, 0.5) is 4.39 Å². The third kappa shape index (κ3) is 1.40. The van der Waals surface area contributed by atoms with E-state index in [1.54, 1.807) is 0 Å². The minimum Gasteiger partial charge on any atom is -0.309 e. The minimum atomic E-state index is -0.219. The van der Waals surface area contributed by atoms with Gasteiger partial charge in [-0.25, -0.2) is 4.39 Å². The van der Waals surface area contributed by atoms with Crippen molar-refractivity contribution >= 4 is 0 Å². The van der Waals surface area contributed by atoms with Gasteiger partial charge in [0.1, 0.15) is 6.67 Å². The molecule has 0 aromatic rings. The lowest BCUT2D eigenvalue weighted by Crippen LogP contribution is -2.54. The van der Waals surface area contributed by atoms with Crippen molar-refractivity contribution in [1.82, 2.24) is 10.2 Å². The molecular weight excluding hydrogens is 143 g/mol. The van der Waals surface area contributed by atoms with Gasteiger partial charge in [0.05, 0.1) is 0 Å². The van der Waals surface area contributed by atoms with E-state index in [0.717, 1.165) is 13.1 Å². The van der Waals surface area contributed by atoms with Crippen molar-refractivity contribution in [3.05, 3.63) is 0 Å². The summed E-state index contributed by atoms with van der Waals surface area (Å²) in [5, 5.41) is 3.22. The van der Waals surface area contributed by atoms with E-state index in [2.05, 4.69) is 10.2 Å². The molecular formula is C8H15FN2. The first-order valence-electron chi connectivity index (χ1n) is 4.43. The molecule has 0 saturated carbocycles. The largest absolute Gasteiger partial charge is 0.309 e. The van der Waals surface area contributed by atoms with E-state index >= 15 is 0 Å². The first-order valence-corrected chi connectivity index (χ1v) is 4.43. The second kappa shape index (κ2) is 3.07. The fourth-order valence-corrected chi connectivity index (χ4v) is 2.12. The molecule has 0 aromatic carbocycles. The molecule has 2 nitrogen and oxygen atoms in total. The summed E-state index contributed by atoms with van der Waals surface area (Å²) in [6, 6.07) is 0.808. The zero-order valence-corrected chi connectivity index (χ0v) is 6.72. The van der Waals surface area contributed by atoms with E-state index in [1.165, 1.54) is 19.4 Å². The van der Waals surface area contributed by atoms with Crippen LogP contribution >= 0.6 is 0 Å². The van der Waals surface area contributed by atoms with Crippen LogP contribution in [0.15, 0.2) is 0 Å². The Bertz CT molecular complexity index is 140. The zero-order chi connectivity index (χ0) is 7.68. The van der Waals surface area contributed by atoms with Gasteiger partial charge in [-0.1, -0.05) is 0 Å². The van der Waals surface area contributed by atoms with Gasteiger partial charge in [0.2, 0.25) is 0 Å². The van der Waals surface area contributed by atoms with Crippen LogP contribution in [0.3, 0.4) is 0 Å².